The number of ether oxygens (including phenoxy) is 3. The summed E-state index contributed by atoms with van der Waals surface area (Å²) in [6, 6.07) is 0. The number of nitrogens with zero attached hydrogens (tertiary/aromatic N) is 1. The van der Waals surface area contributed by atoms with E-state index in [0.717, 1.165) is 39.1 Å². The quantitative estimate of drug-likeness (QED) is 0.781. The number of likely N-dealkylation sites (tertiary alicyclic amines) is 1. The minimum atomic E-state index is -0.0798. The lowest BCUT2D eigenvalue weighted by atomic mass is 9.86. The van der Waals surface area contributed by atoms with E-state index in [1.54, 1.807) is 0 Å². The van der Waals surface area contributed by atoms with Crippen LogP contribution in [0.1, 0.15) is 47.5 Å². The monoisotopic (exact) mass is 299 g/mol. The number of rotatable bonds is 5. The Labute approximate surface area is 130 Å². The van der Waals surface area contributed by atoms with Crippen molar-refractivity contribution in [3.63, 3.8) is 0 Å². The molecule has 0 aromatic carbocycles. The molecular formula is C17H33NO3. The van der Waals surface area contributed by atoms with E-state index in [4.69, 9.17) is 14.2 Å². The summed E-state index contributed by atoms with van der Waals surface area (Å²) in [5.41, 5.74) is -0.147. The van der Waals surface area contributed by atoms with E-state index in [1.807, 2.05) is 0 Å². The second-order valence-electron chi connectivity index (χ2n) is 8.42. The van der Waals surface area contributed by atoms with Crippen LogP contribution in [-0.2, 0) is 14.2 Å². The molecule has 2 saturated heterocycles. The van der Waals surface area contributed by atoms with Crippen LogP contribution < -0.4 is 0 Å². The van der Waals surface area contributed by atoms with Crippen LogP contribution in [0.3, 0.4) is 0 Å². The number of piperidine rings is 1. The molecule has 2 aliphatic rings. The summed E-state index contributed by atoms with van der Waals surface area (Å²) in [4.78, 5) is 2.40. The van der Waals surface area contributed by atoms with Crippen molar-refractivity contribution < 1.29 is 14.2 Å². The molecule has 0 spiro atoms. The summed E-state index contributed by atoms with van der Waals surface area (Å²) in [6.45, 7) is 14.5. The lowest BCUT2D eigenvalue weighted by molar-refractivity contribution is -0.189. The Morgan fingerprint density at radius 1 is 1.00 bits per heavy atom. The fourth-order valence-corrected chi connectivity index (χ4v) is 3.59. The van der Waals surface area contributed by atoms with Crippen LogP contribution in [0, 0.1) is 5.92 Å². The van der Waals surface area contributed by atoms with Crippen molar-refractivity contribution in [2.75, 3.05) is 33.4 Å². The maximum absolute atomic E-state index is 6.20. The molecule has 0 N–H and O–H groups in total. The van der Waals surface area contributed by atoms with Gasteiger partial charge in [-0.2, -0.15) is 0 Å². The van der Waals surface area contributed by atoms with Crippen molar-refractivity contribution in [1.29, 1.82) is 0 Å². The highest BCUT2D eigenvalue weighted by Gasteiger charge is 2.35. The summed E-state index contributed by atoms with van der Waals surface area (Å²) >= 11 is 0. The predicted octanol–water partition coefficient (Wildman–Crippen LogP) is 2.71. The highest BCUT2D eigenvalue weighted by Crippen LogP contribution is 2.31. The SMILES string of the molecule is CN1CC(CC(C)(C)OC2COC2)CC(OC(C)(C)C)C1. The Morgan fingerprint density at radius 3 is 2.19 bits per heavy atom. The summed E-state index contributed by atoms with van der Waals surface area (Å²) in [5.74, 6) is 0.632. The Bertz CT molecular complexity index is 333. The minimum Gasteiger partial charge on any atom is -0.376 e. The molecule has 2 unspecified atom stereocenters. The van der Waals surface area contributed by atoms with Crippen LogP contribution in [0.4, 0.5) is 0 Å². The molecule has 2 heterocycles. The maximum Gasteiger partial charge on any atom is 0.105 e. The van der Waals surface area contributed by atoms with Crippen LogP contribution >= 0.6 is 0 Å². The molecule has 2 rings (SSSR count). The Balaban J connectivity index is 1.86. The standard InChI is InChI=1S/C17H33NO3/c1-16(2,3)20-14-7-13(9-18(6)10-14)8-17(4,5)21-15-11-19-12-15/h13-15H,7-12H2,1-6H3. The first-order valence-corrected chi connectivity index (χ1v) is 8.25. The molecule has 2 aliphatic heterocycles. The molecule has 0 saturated carbocycles. The average Bonchev–Trinajstić information content (AvgIpc) is 2.19. The van der Waals surface area contributed by atoms with E-state index in [1.165, 1.54) is 0 Å². The van der Waals surface area contributed by atoms with E-state index in [0.29, 0.717) is 18.1 Å². The van der Waals surface area contributed by atoms with E-state index in [2.05, 4.69) is 46.6 Å². The molecule has 0 bridgehead atoms. The van der Waals surface area contributed by atoms with Crippen LogP contribution in [0.5, 0.6) is 0 Å². The van der Waals surface area contributed by atoms with Gasteiger partial charge in [0.15, 0.2) is 0 Å². The van der Waals surface area contributed by atoms with Crippen molar-refractivity contribution in [1.82, 2.24) is 4.90 Å². The van der Waals surface area contributed by atoms with E-state index in [-0.39, 0.29) is 11.2 Å². The highest BCUT2D eigenvalue weighted by atomic mass is 16.6. The van der Waals surface area contributed by atoms with Gasteiger partial charge in [-0.25, -0.2) is 0 Å². The second-order valence-corrected chi connectivity index (χ2v) is 8.42. The Hall–Kier alpha value is -0.160. The third-order valence-corrected chi connectivity index (χ3v) is 4.08. The first-order valence-electron chi connectivity index (χ1n) is 8.25. The van der Waals surface area contributed by atoms with E-state index >= 15 is 0 Å². The molecular weight excluding hydrogens is 266 g/mol. The van der Waals surface area contributed by atoms with Gasteiger partial charge in [0.05, 0.1) is 30.5 Å². The summed E-state index contributed by atoms with van der Waals surface area (Å²) in [7, 11) is 2.19. The van der Waals surface area contributed by atoms with Crippen molar-refractivity contribution in [3.05, 3.63) is 0 Å². The maximum atomic E-state index is 6.20. The van der Waals surface area contributed by atoms with Gasteiger partial charge in [0, 0.05) is 13.1 Å². The molecule has 2 fully saturated rings. The summed E-state index contributed by atoms with van der Waals surface area (Å²) in [5, 5.41) is 0. The molecule has 4 heteroatoms. The second kappa shape index (κ2) is 6.53. The van der Waals surface area contributed by atoms with Crippen LogP contribution in [0.25, 0.3) is 0 Å². The fraction of sp³-hybridized carbons (Fsp3) is 1.00. The van der Waals surface area contributed by atoms with Gasteiger partial charge in [-0.05, 0) is 60.4 Å². The van der Waals surface area contributed by atoms with Crippen LogP contribution in [0.2, 0.25) is 0 Å². The van der Waals surface area contributed by atoms with E-state index in [9.17, 15) is 0 Å². The lowest BCUT2D eigenvalue weighted by Gasteiger charge is -2.42. The Morgan fingerprint density at radius 2 is 1.67 bits per heavy atom. The van der Waals surface area contributed by atoms with Gasteiger partial charge in [0.25, 0.3) is 0 Å². The van der Waals surface area contributed by atoms with Gasteiger partial charge in [-0.3, -0.25) is 0 Å². The molecule has 2 atom stereocenters. The lowest BCUT2D eigenvalue weighted by Crippen LogP contribution is -2.48. The van der Waals surface area contributed by atoms with Gasteiger partial charge in [0.1, 0.15) is 6.10 Å². The van der Waals surface area contributed by atoms with Gasteiger partial charge in [-0.15, -0.1) is 0 Å². The molecule has 4 nitrogen and oxygen atoms in total. The van der Waals surface area contributed by atoms with Crippen molar-refractivity contribution in [3.8, 4) is 0 Å². The molecule has 0 aliphatic carbocycles. The first kappa shape index (κ1) is 17.2. The van der Waals surface area contributed by atoms with Crippen molar-refractivity contribution in [2.24, 2.45) is 5.92 Å². The molecule has 0 radical (unpaired) electrons. The zero-order valence-electron chi connectivity index (χ0n) is 14.6. The first-order chi connectivity index (χ1) is 9.63. The zero-order valence-corrected chi connectivity index (χ0v) is 14.6. The normalized spacial score (nSPS) is 29.4. The third kappa shape index (κ3) is 5.85. The van der Waals surface area contributed by atoms with Gasteiger partial charge < -0.3 is 19.1 Å². The van der Waals surface area contributed by atoms with Gasteiger partial charge >= 0.3 is 0 Å². The summed E-state index contributed by atoms with van der Waals surface area (Å²) in [6.07, 6.45) is 2.84. The fourth-order valence-electron chi connectivity index (χ4n) is 3.59. The zero-order chi connectivity index (χ0) is 15.7. The number of likely N-dealkylation sites (N-methyl/N-ethyl adjacent to an activating group) is 1. The van der Waals surface area contributed by atoms with Gasteiger partial charge in [-0.1, -0.05) is 0 Å². The molecule has 0 amide bonds. The average molecular weight is 299 g/mol. The van der Waals surface area contributed by atoms with Crippen LogP contribution in [-0.4, -0.2) is 61.7 Å². The molecule has 0 aromatic heterocycles. The highest BCUT2D eigenvalue weighted by molar-refractivity contribution is 4.85. The predicted molar refractivity (Wildman–Crippen MR) is 84.6 cm³/mol. The Kier molecular flexibility index (Phi) is 5.35. The van der Waals surface area contributed by atoms with E-state index < -0.39 is 0 Å². The summed E-state index contributed by atoms with van der Waals surface area (Å²) < 4.78 is 17.6. The van der Waals surface area contributed by atoms with Gasteiger partial charge in [0.2, 0.25) is 0 Å². The van der Waals surface area contributed by atoms with Crippen molar-refractivity contribution in [2.45, 2.75) is 70.9 Å². The largest absolute Gasteiger partial charge is 0.376 e. The topological polar surface area (TPSA) is 30.9 Å². The smallest absolute Gasteiger partial charge is 0.105 e. The minimum absolute atomic E-state index is 0.0668. The van der Waals surface area contributed by atoms with Crippen LogP contribution in [0.15, 0.2) is 0 Å². The van der Waals surface area contributed by atoms with Crippen molar-refractivity contribution >= 4 is 0 Å². The third-order valence-electron chi connectivity index (χ3n) is 4.08. The molecule has 124 valence electrons. The number of hydrogen-bond donors (Lipinski definition) is 0. The molecule has 0 aromatic rings. The molecule has 21 heavy (non-hydrogen) atoms. The number of hydrogen-bond acceptors (Lipinski definition) is 4.